The van der Waals surface area contributed by atoms with Gasteiger partial charge in [0.25, 0.3) is 0 Å². The number of hydrogen-bond donors (Lipinski definition) is 0. The fourth-order valence-electron chi connectivity index (χ4n) is 6.80. The van der Waals surface area contributed by atoms with Gasteiger partial charge in [0.05, 0.1) is 5.69 Å². The lowest BCUT2D eigenvalue weighted by molar-refractivity contribution is 0.620. The molecule has 0 fully saturated rings. The quantitative estimate of drug-likeness (QED) is 0.199. The fourth-order valence-corrected chi connectivity index (χ4v) is 7.93. The van der Waals surface area contributed by atoms with Crippen molar-refractivity contribution in [3.05, 3.63) is 146 Å². The van der Waals surface area contributed by atoms with Crippen molar-refractivity contribution in [3.63, 3.8) is 0 Å². The second kappa shape index (κ2) is 9.80. The third-order valence-electron chi connectivity index (χ3n) is 8.88. The maximum absolute atomic E-state index is 6.57. The van der Waals surface area contributed by atoms with Crippen LogP contribution in [0.4, 0.5) is 17.1 Å². The zero-order valence-corrected chi connectivity index (χ0v) is 25.3. The van der Waals surface area contributed by atoms with Crippen LogP contribution in [0.15, 0.2) is 154 Å². The van der Waals surface area contributed by atoms with E-state index >= 15 is 0 Å². The highest BCUT2D eigenvalue weighted by Gasteiger charge is 2.21. The number of oxazole rings is 1. The van der Waals surface area contributed by atoms with Crippen LogP contribution in [0.2, 0.25) is 0 Å². The average molecular weight is 609 g/mol. The molecule has 0 N–H and O–H groups in total. The van der Waals surface area contributed by atoms with E-state index in [0.717, 1.165) is 55.7 Å². The fraction of sp³-hybridized carbons (Fsp3) is 0. The number of furan rings is 1. The van der Waals surface area contributed by atoms with Gasteiger partial charge in [0.15, 0.2) is 5.58 Å². The molecule has 46 heavy (non-hydrogen) atoms. The molecule has 10 rings (SSSR count). The molecular formula is C41H24N2O2S. The van der Waals surface area contributed by atoms with Gasteiger partial charge < -0.3 is 13.7 Å². The Balaban J connectivity index is 1.22. The van der Waals surface area contributed by atoms with Gasteiger partial charge in [-0.2, -0.15) is 0 Å². The highest BCUT2D eigenvalue weighted by molar-refractivity contribution is 7.26. The van der Waals surface area contributed by atoms with Crippen LogP contribution in [-0.2, 0) is 0 Å². The second-order valence-corrected chi connectivity index (χ2v) is 12.6. The first-order valence-electron chi connectivity index (χ1n) is 15.3. The predicted octanol–water partition coefficient (Wildman–Crippen LogP) is 12.4. The Morgan fingerprint density at radius 1 is 0.500 bits per heavy atom. The van der Waals surface area contributed by atoms with E-state index in [-0.39, 0.29) is 0 Å². The first-order chi connectivity index (χ1) is 22.8. The minimum atomic E-state index is 0.590. The molecule has 3 aromatic heterocycles. The molecule has 5 heteroatoms. The lowest BCUT2D eigenvalue weighted by Gasteiger charge is -2.27. The molecule has 216 valence electrons. The van der Waals surface area contributed by atoms with E-state index in [9.17, 15) is 0 Å². The lowest BCUT2D eigenvalue weighted by atomic mass is 10.0. The summed E-state index contributed by atoms with van der Waals surface area (Å²) < 4.78 is 15.3. The first-order valence-corrected chi connectivity index (χ1v) is 16.1. The van der Waals surface area contributed by atoms with Crippen molar-refractivity contribution >= 4 is 92.4 Å². The number of anilines is 3. The SMILES string of the molecule is c1ccc2cc(N(c3ccc4c(c3)oc3cccc(-c5nc6ccccc6o5)c34)c3cccc4sc5ccccc5c34)ccc2c1. The van der Waals surface area contributed by atoms with Crippen LogP contribution in [0, 0.1) is 0 Å². The standard InChI is InChI=1S/C41H24N2O2S/c1-2-10-26-23-27(20-19-25(26)9-1)43(33-14-8-18-38-40(33)30-11-3-6-17-37(30)46-38)28-21-22-29-36(24-28)44-35-16-7-12-31(39(29)35)41-42-32-13-4-5-15-34(32)45-41/h1-24H. The number of aromatic nitrogens is 1. The van der Waals surface area contributed by atoms with E-state index in [4.69, 9.17) is 13.8 Å². The summed E-state index contributed by atoms with van der Waals surface area (Å²) in [5.74, 6) is 0.590. The van der Waals surface area contributed by atoms with E-state index in [1.165, 1.54) is 30.9 Å². The highest BCUT2D eigenvalue weighted by Crippen LogP contribution is 2.46. The summed E-state index contributed by atoms with van der Waals surface area (Å²) >= 11 is 1.83. The topological polar surface area (TPSA) is 42.4 Å². The Morgan fingerprint density at radius 3 is 2.22 bits per heavy atom. The second-order valence-electron chi connectivity index (χ2n) is 11.6. The molecule has 0 atom stereocenters. The van der Waals surface area contributed by atoms with Gasteiger partial charge >= 0.3 is 0 Å². The Labute approximate surface area is 267 Å². The molecular weight excluding hydrogens is 585 g/mol. The zero-order valence-electron chi connectivity index (χ0n) is 24.5. The van der Waals surface area contributed by atoms with E-state index in [2.05, 4.69) is 114 Å². The number of benzene rings is 7. The van der Waals surface area contributed by atoms with Crippen molar-refractivity contribution in [1.82, 2.24) is 4.98 Å². The van der Waals surface area contributed by atoms with Crippen molar-refractivity contribution in [1.29, 1.82) is 0 Å². The van der Waals surface area contributed by atoms with Crippen molar-refractivity contribution < 1.29 is 8.83 Å². The molecule has 10 aromatic rings. The van der Waals surface area contributed by atoms with E-state index in [1.54, 1.807) is 0 Å². The molecule has 4 nitrogen and oxygen atoms in total. The molecule has 0 saturated carbocycles. The van der Waals surface area contributed by atoms with Crippen molar-refractivity contribution in [3.8, 4) is 11.5 Å². The van der Waals surface area contributed by atoms with Crippen molar-refractivity contribution in [2.24, 2.45) is 0 Å². The number of hydrogen-bond acceptors (Lipinski definition) is 5. The molecule has 0 saturated heterocycles. The molecule has 0 spiro atoms. The van der Waals surface area contributed by atoms with Gasteiger partial charge in [0.1, 0.15) is 16.7 Å². The van der Waals surface area contributed by atoms with Crippen LogP contribution in [0.3, 0.4) is 0 Å². The minimum absolute atomic E-state index is 0.590. The van der Waals surface area contributed by atoms with Gasteiger partial charge in [-0.25, -0.2) is 4.98 Å². The summed E-state index contributed by atoms with van der Waals surface area (Å²) in [6, 6.07) is 50.9. The van der Waals surface area contributed by atoms with Gasteiger partial charge in [-0.15, -0.1) is 11.3 Å². The third-order valence-corrected chi connectivity index (χ3v) is 10.0. The predicted molar refractivity (Wildman–Crippen MR) is 192 cm³/mol. The minimum Gasteiger partial charge on any atom is -0.456 e. The summed E-state index contributed by atoms with van der Waals surface area (Å²) in [6.45, 7) is 0. The van der Waals surface area contributed by atoms with Gasteiger partial charge in [-0.05, 0) is 77.5 Å². The summed E-state index contributed by atoms with van der Waals surface area (Å²) in [5, 5.41) is 6.94. The Kier molecular flexibility index (Phi) is 5.41. The number of fused-ring (bicyclic) bond motifs is 8. The molecule has 0 aliphatic carbocycles. The maximum atomic E-state index is 6.57. The third kappa shape index (κ3) is 3.82. The lowest BCUT2D eigenvalue weighted by Crippen LogP contribution is -2.10. The number of rotatable bonds is 4. The van der Waals surface area contributed by atoms with Crippen LogP contribution in [-0.4, -0.2) is 4.98 Å². The van der Waals surface area contributed by atoms with E-state index < -0.39 is 0 Å². The average Bonchev–Trinajstić information content (AvgIpc) is 3.81. The summed E-state index contributed by atoms with van der Waals surface area (Å²) in [4.78, 5) is 7.17. The van der Waals surface area contributed by atoms with Crippen LogP contribution in [0.25, 0.3) is 75.4 Å². The van der Waals surface area contributed by atoms with Gasteiger partial charge in [0.2, 0.25) is 5.89 Å². The number of para-hydroxylation sites is 2. The van der Waals surface area contributed by atoms with Gasteiger partial charge in [-0.3, -0.25) is 0 Å². The first kappa shape index (κ1) is 25.4. The molecule has 0 bridgehead atoms. The van der Waals surface area contributed by atoms with E-state index in [0.29, 0.717) is 5.89 Å². The van der Waals surface area contributed by atoms with E-state index in [1.807, 2.05) is 47.7 Å². The maximum Gasteiger partial charge on any atom is 0.228 e. The molecule has 0 aliphatic heterocycles. The van der Waals surface area contributed by atoms with Crippen LogP contribution >= 0.6 is 11.3 Å². The van der Waals surface area contributed by atoms with Gasteiger partial charge in [0, 0.05) is 53.9 Å². The van der Waals surface area contributed by atoms with Crippen LogP contribution in [0.5, 0.6) is 0 Å². The molecule has 3 heterocycles. The molecule has 0 aliphatic rings. The summed E-state index contributed by atoms with van der Waals surface area (Å²) in [6.07, 6.45) is 0. The van der Waals surface area contributed by atoms with Crippen LogP contribution < -0.4 is 4.90 Å². The van der Waals surface area contributed by atoms with Crippen molar-refractivity contribution in [2.45, 2.75) is 0 Å². The molecule has 7 aromatic carbocycles. The summed E-state index contributed by atoms with van der Waals surface area (Å²) in [7, 11) is 0. The molecule has 0 radical (unpaired) electrons. The summed E-state index contributed by atoms with van der Waals surface area (Å²) in [5.41, 5.74) is 7.38. The Bertz CT molecular complexity index is 2750. The highest BCUT2D eigenvalue weighted by atomic mass is 32.1. The largest absolute Gasteiger partial charge is 0.456 e. The zero-order chi connectivity index (χ0) is 30.2. The Morgan fingerprint density at radius 2 is 1.26 bits per heavy atom. The monoisotopic (exact) mass is 608 g/mol. The normalized spacial score (nSPS) is 11.9. The van der Waals surface area contributed by atoms with Gasteiger partial charge in [-0.1, -0.05) is 72.8 Å². The Hall–Kier alpha value is -5.91. The molecule has 0 unspecified atom stereocenters. The number of thiophene rings is 1. The smallest absolute Gasteiger partial charge is 0.228 e. The molecule has 0 amide bonds. The number of nitrogens with zero attached hydrogens (tertiary/aromatic N) is 2. The van der Waals surface area contributed by atoms with Crippen LogP contribution in [0.1, 0.15) is 0 Å². The van der Waals surface area contributed by atoms with Crippen molar-refractivity contribution in [2.75, 3.05) is 4.90 Å².